The molecule has 1 aromatic heterocycles. The number of benzene rings is 1. The normalized spacial score (nSPS) is 10.2. The number of halogens is 2. The van der Waals surface area contributed by atoms with Gasteiger partial charge in [-0.05, 0) is 47.1 Å². The summed E-state index contributed by atoms with van der Waals surface area (Å²) >= 11 is 9.46. The van der Waals surface area contributed by atoms with Crippen LogP contribution in [0.15, 0.2) is 41.1 Å². The van der Waals surface area contributed by atoms with Crippen molar-refractivity contribution >= 4 is 44.6 Å². The number of rotatable bonds is 4. The summed E-state index contributed by atoms with van der Waals surface area (Å²) in [5.74, 6) is 0. The lowest BCUT2D eigenvalue weighted by molar-refractivity contribution is 1.19. The number of pyridine rings is 1. The van der Waals surface area contributed by atoms with Crippen LogP contribution in [0.2, 0.25) is 5.02 Å². The predicted molar refractivity (Wildman–Crippen MR) is 80.8 cm³/mol. The van der Waals surface area contributed by atoms with Crippen molar-refractivity contribution in [3.05, 3.63) is 46.2 Å². The second-order valence-electron chi connectivity index (χ2n) is 3.74. The molecule has 0 radical (unpaired) electrons. The molecule has 5 heteroatoms. The van der Waals surface area contributed by atoms with E-state index in [1.165, 1.54) is 0 Å². The van der Waals surface area contributed by atoms with Crippen LogP contribution in [-0.2, 0) is 0 Å². The standard InChI is InChI=1S/C13H13BrClN3/c1-2-17-10-6-11(8-16-7-10)18-13-5-9(15)3-4-12(13)14/h3-8,17-18H,2H2,1H3. The molecule has 0 saturated heterocycles. The number of hydrogen-bond donors (Lipinski definition) is 2. The van der Waals surface area contributed by atoms with Gasteiger partial charge in [0.25, 0.3) is 0 Å². The topological polar surface area (TPSA) is 37.0 Å². The summed E-state index contributed by atoms with van der Waals surface area (Å²) in [4.78, 5) is 4.18. The molecule has 0 aliphatic rings. The van der Waals surface area contributed by atoms with E-state index in [1.807, 2.05) is 31.2 Å². The summed E-state index contributed by atoms with van der Waals surface area (Å²) < 4.78 is 0.959. The molecule has 0 atom stereocenters. The lowest BCUT2D eigenvalue weighted by atomic mass is 10.3. The van der Waals surface area contributed by atoms with Gasteiger partial charge in [-0.1, -0.05) is 11.6 Å². The van der Waals surface area contributed by atoms with E-state index in [4.69, 9.17) is 11.6 Å². The van der Waals surface area contributed by atoms with Crippen LogP contribution >= 0.6 is 27.5 Å². The van der Waals surface area contributed by atoms with Crippen molar-refractivity contribution in [3.8, 4) is 0 Å². The molecule has 2 N–H and O–H groups in total. The molecule has 0 saturated carbocycles. The second-order valence-corrected chi connectivity index (χ2v) is 5.03. The van der Waals surface area contributed by atoms with Crippen molar-refractivity contribution in [2.45, 2.75) is 6.92 Å². The van der Waals surface area contributed by atoms with Crippen molar-refractivity contribution in [1.29, 1.82) is 0 Å². The lowest BCUT2D eigenvalue weighted by Gasteiger charge is -2.10. The van der Waals surface area contributed by atoms with Gasteiger partial charge in [0, 0.05) is 16.0 Å². The number of nitrogens with zero attached hydrogens (tertiary/aromatic N) is 1. The Morgan fingerprint density at radius 1 is 1.22 bits per heavy atom. The van der Waals surface area contributed by atoms with Crippen molar-refractivity contribution in [2.24, 2.45) is 0 Å². The van der Waals surface area contributed by atoms with E-state index in [0.717, 1.165) is 28.1 Å². The predicted octanol–water partition coefficient (Wildman–Crippen LogP) is 4.67. The zero-order chi connectivity index (χ0) is 13.0. The van der Waals surface area contributed by atoms with Gasteiger partial charge in [-0.15, -0.1) is 0 Å². The largest absolute Gasteiger partial charge is 0.384 e. The Bertz CT molecular complexity index is 546. The summed E-state index contributed by atoms with van der Waals surface area (Å²) in [6.45, 7) is 2.92. The summed E-state index contributed by atoms with van der Waals surface area (Å²) in [6, 6.07) is 7.62. The van der Waals surface area contributed by atoms with Crippen molar-refractivity contribution < 1.29 is 0 Å². The minimum Gasteiger partial charge on any atom is -0.384 e. The molecule has 1 heterocycles. The highest BCUT2D eigenvalue weighted by molar-refractivity contribution is 9.10. The maximum atomic E-state index is 5.98. The first-order valence-electron chi connectivity index (χ1n) is 5.60. The zero-order valence-corrected chi connectivity index (χ0v) is 12.2. The van der Waals surface area contributed by atoms with Crippen LogP contribution in [0.4, 0.5) is 17.1 Å². The SMILES string of the molecule is CCNc1cncc(Nc2cc(Cl)ccc2Br)c1. The molecule has 0 spiro atoms. The molecule has 1 aromatic carbocycles. The third-order valence-corrected chi connectivity index (χ3v) is 3.25. The van der Waals surface area contributed by atoms with E-state index in [9.17, 15) is 0 Å². The highest BCUT2D eigenvalue weighted by Crippen LogP contribution is 2.29. The van der Waals surface area contributed by atoms with Crippen LogP contribution in [0.3, 0.4) is 0 Å². The van der Waals surface area contributed by atoms with E-state index in [2.05, 4.69) is 31.5 Å². The fraction of sp³-hybridized carbons (Fsp3) is 0.154. The first-order valence-corrected chi connectivity index (χ1v) is 6.77. The first kappa shape index (κ1) is 13.2. The molecule has 0 bridgehead atoms. The Morgan fingerprint density at radius 3 is 2.78 bits per heavy atom. The van der Waals surface area contributed by atoms with Gasteiger partial charge in [0.2, 0.25) is 0 Å². The zero-order valence-electron chi connectivity index (χ0n) is 9.87. The van der Waals surface area contributed by atoms with Gasteiger partial charge < -0.3 is 10.6 Å². The van der Waals surface area contributed by atoms with Crippen LogP contribution in [0, 0.1) is 0 Å². The van der Waals surface area contributed by atoms with Crippen LogP contribution < -0.4 is 10.6 Å². The number of anilines is 3. The third-order valence-electron chi connectivity index (χ3n) is 2.33. The average Bonchev–Trinajstić information content (AvgIpc) is 2.35. The lowest BCUT2D eigenvalue weighted by Crippen LogP contribution is -1.98. The average molecular weight is 327 g/mol. The monoisotopic (exact) mass is 325 g/mol. The van der Waals surface area contributed by atoms with Gasteiger partial charge in [-0.2, -0.15) is 0 Å². The molecule has 0 aliphatic carbocycles. The third kappa shape index (κ3) is 3.37. The molecule has 18 heavy (non-hydrogen) atoms. The van der Waals surface area contributed by atoms with Gasteiger partial charge in [-0.25, -0.2) is 0 Å². The van der Waals surface area contributed by atoms with E-state index in [-0.39, 0.29) is 0 Å². The number of nitrogens with one attached hydrogen (secondary N) is 2. The quantitative estimate of drug-likeness (QED) is 0.857. The van der Waals surface area contributed by atoms with E-state index >= 15 is 0 Å². The Kier molecular flexibility index (Phi) is 4.44. The van der Waals surface area contributed by atoms with Crippen LogP contribution in [0.1, 0.15) is 6.92 Å². The van der Waals surface area contributed by atoms with Crippen LogP contribution in [0.25, 0.3) is 0 Å². The summed E-state index contributed by atoms with van der Waals surface area (Å²) in [7, 11) is 0. The van der Waals surface area contributed by atoms with E-state index in [1.54, 1.807) is 12.4 Å². The highest BCUT2D eigenvalue weighted by atomic mass is 79.9. The molecule has 0 unspecified atom stereocenters. The van der Waals surface area contributed by atoms with Gasteiger partial charge in [0.1, 0.15) is 0 Å². The van der Waals surface area contributed by atoms with Gasteiger partial charge in [0.05, 0.1) is 29.5 Å². The first-order chi connectivity index (χ1) is 8.69. The maximum Gasteiger partial charge on any atom is 0.0591 e. The molecule has 94 valence electrons. The molecule has 0 amide bonds. The summed E-state index contributed by atoms with van der Waals surface area (Å²) in [5.41, 5.74) is 2.81. The van der Waals surface area contributed by atoms with E-state index < -0.39 is 0 Å². The minimum atomic E-state index is 0.691. The minimum absolute atomic E-state index is 0.691. The van der Waals surface area contributed by atoms with Crippen molar-refractivity contribution in [2.75, 3.05) is 17.2 Å². The van der Waals surface area contributed by atoms with Crippen molar-refractivity contribution in [3.63, 3.8) is 0 Å². The van der Waals surface area contributed by atoms with Crippen LogP contribution in [0.5, 0.6) is 0 Å². The summed E-state index contributed by atoms with van der Waals surface area (Å²) in [5, 5.41) is 7.19. The Morgan fingerprint density at radius 2 is 2.00 bits per heavy atom. The summed E-state index contributed by atoms with van der Waals surface area (Å²) in [6.07, 6.45) is 3.57. The van der Waals surface area contributed by atoms with Gasteiger partial charge >= 0.3 is 0 Å². The van der Waals surface area contributed by atoms with Gasteiger partial charge in [0.15, 0.2) is 0 Å². The molecule has 0 fully saturated rings. The fourth-order valence-corrected chi connectivity index (χ4v) is 2.08. The molecule has 2 aromatic rings. The number of aromatic nitrogens is 1. The van der Waals surface area contributed by atoms with Crippen LogP contribution in [-0.4, -0.2) is 11.5 Å². The molecular formula is C13H13BrClN3. The van der Waals surface area contributed by atoms with Crippen molar-refractivity contribution in [1.82, 2.24) is 4.98 Å². The van der Waals surface area contributed by atoms with E-state index in [0.29, 0.717) is 5.02 Å². The molecule has 2 rings (SSSR count). The molecule has 0 aliphatic heterocycles. The fourth-order valence-electron chi connectivity index (χ4n) is 1.56. The Balaban J connectivity index is 2.22. The molecule has 3 nitrogen and oxygen atoms in total. The second kappa shape index (κ2) is 6.07. The maximum absolute atomic E-state index is 5.98. The smallest absolute Gasteiger partial charge is 0.0591 e. The molecular weight excluding hydrogens is 314 g/mol. The Labute approximate surface area is 120 Å². The Hall–Kier alpha value is -1.26. The number of hydrogen-bond acceptors (Lipinski definition) is 3. The van der Waals surface area contributed by atoms with Gasteiger partial charge in [-0.3, -0.25) is 4.98 Å². The highest BCUT2D eigenvalue weighted by Gasteiger charge is 2.02.